The Bertz CT molecular complexity index is 589. The first-order valence-electron chi connectivity index (χ1n) is 6.99. The molecule has 2 aromatic rings. The van der Waals surface area contributed by atoms with Crippen molar-refractivity contribution in [3.63, 3.8) is 0 Å². The van der Waals surface area contributed by atoms with Crippen LogP contribution in [0.5, 0.6) is 0 Å². The van der Waals surface area contributed by atoms with E-state index in [0.717, 1.165) is 18.9 Å². The Labute approximate surface area is 116 Å². The molecule has 5 heteroatoms. The van der Waals surface area contributed by atoms with Gasteiger partial charge in [0.15, 0.2) is 0 Å². The maximum atomic E-state index is 13.7. The highest BCUT2D eigenvalue weighted by Crippen LogP contribution is 2.31. The van der Waals surface area contributed by atoms with Gasteiger partial charge in [-0.1, -0.05) is 19.3 Å². The van der Waals surface area contributed by atoms with E-state index in [2.05, 4.69) is 14.9 Å². The molecule has 3 rings (SSSR count). The van der Waals surface area contributed by atoms with Gasteiger partial charge in [0, 0.05) is 24.5 Å². The molecule has 0 saturated heterocycles. The molecule has 0 amide bonds. The van der Waals surface area contributed by atoms with Gasteiger partial charge in [-0.25, -0.2) is 13.8 Å². The average molecular weight is 277 g/mol. The molecule has 1 aromatic carbocycles. The number of benzene rings is 1. The minimum absolute atomic E-state index is 0.245. The lowest BCUT2D eigenvalue weighted by Gasteiger charge is -2.24. The van der Waals surface area contributed by atoms with Gasteiger partial charge in [-0.05, 0) is 25.0 Å². The Morgan fingerprint density at radius 1 is 1.15 bits per heavy atom. The van der Waals surface area contributed by atoms with E-state index in [-0.39, 0.29) is 5.69 Å². The van der Waals surface area contributed by atoms with Gasteiger partial charge in [0.25, 0.3) is 0 Å². The Kier molecular flexibility index (Phi) is 3.67. The monoisotopic (exact) mass is 277 g/mol. The summed E-state index contributed by atoms with van der Waals surface area (Å²) in [5.41, 5.74) is 0.245. The summed E-state index contributed by atoms with van der Waals surface area (Å²) < 4.78 is 28.6. The number of nitrogens with one attached hydrogen (secondary N) is 1. The highest BCUT2D eigenvalue weighted by atomic mass is 19.1. The van der Waals surface area contributed by atoms with E-state index >= 15 is 0 Å². The second kappa shape index (κ2) is 5.61. The Morgan fingerprint density at radius 2 is 1.95 bits per heavy atom. The van der Waals surface area contributed by atoms with Crippen molar-refractivity contribution in [1.29, 1.82) is 0 Å². The van der Waals surface area contributed by atoms with Crippen molar-refractivity contribution in [3.8, 4) is 0 Å². The molecule has 0 unspecified atom stereocenters. The second-order valence-electron chi connectivity index (χ2n) is 5.20. The average Bonchev–Trinajstić information content (AvgIpc) is 2.91. The van der Waals surface area contributed by atoms with E-state index in [1.165, 1.54) is 31.4 Å². The standard InChI is InChI=1S/C15H17F2N3/c16-11-6-7-14(13(17)10-11)19-15-18-8-9-20(15)12-4-2-1-3-5-12/h6-10,12H,1-5H2,(H,18,19). The lowest BCUT2D eigenvalue weighted by molar-refractivity contribution is 0.356. The van der Waals surface area contributed by atoms with E-state index in [9.17, 15) is 8.78 Å². The lowest BCUT2D eigenvalue weighted by atomic mass is 9.95. The van der Waals surface area contributed by atoms with Crippen LogP contribution in [-0.4, -0.2) is 9.55 Å². The van der Waals surface area contributed by atoms with Gasteiger partial charge in [0.05, 0.1) is 5.69 Å². The molecule has 1 aliphatic carbocycles. The number of rotatable bonds is 3. The van der Waals surface area contributed by atoms with Crippen molar-refractivity contribution in [1.82, 2.24) is 9.55 Å². The fourth-order valence-corrected chi connectivity index (χ4v) is 2.78. The van der Waals surface area contributed by atoms with Gasteiger partial charge in [-0.3, -0.25) is 0 Å². The molecule has 1 N–H and O–H groups in total. The molecule has 20 heavy (non-hydrogen) atoms. The molecule has 0 atom stereocenters. The first kappa shape index (κ1) is 13.1. The molecule has 0 aliphatic heterocycles. The van der Waals surface area contributed by atoms with Crippen molar-refractivity contribution in [2.45, 2.75) is 38.1 Å². The zero-order valence-corrected chi connectivity index (χ0v) is 11.1. The topological polar surface area (TPSA) is 29.9 Å². The summed E-state index contributed by atoms with van der Waals surface area (Å²) in [4.78, 5) is 4.24. The smallest absolute Gasteiger partial charge is 0.207 e. The van der Waals surface area contributed by atoms with Gasteiger partial charge in [-0.15, -0.1) is 0 Å². The van der Waals surface area contributed by atoms with Gasteiger partial charge in [0.1, 0.15) is 11.6 Å². The maximum absolute atomic E-state index is 13.7. The third kappa shape index (κ3) is 2.66. The number of aromatic nitrogens is 2. The van der Waals surface area contributed by atoms with Crippen molar-refractivity contribution >= 4 is 11.6 Å². The number of anilines is 2. The molecule has 1 aliphatic rings. The zero-order chi connectivity index (χ0) is 13.9. The molecule has 3 nitrogen and oxygen atoms in total. The molecule has 0 bridgehead atoms. The van der Waals surface area contributed by atoms with Crippen LogP contribution in [0, 0.1) is 11.6 Å². The van der Waals surface area contributed by atoms with Crippen LogP contribution in [0.3, 0.4) is 0 Å². The van der Waals surface area contributed by atoms with Crippen LogP contribution in [0.4, 0.5) is 20.4 Å². The van der Waals surface area contributed by atoms with Crippen molar-refractivity contribution in [2.24, 2.45) is 0 Å². The van der Waals surface area contributed by atoms with Crippen LogP contribution in [0.25, 0.3) is 0 Å². The van der Waals surface area contributed by atoms with Crippen molar-refractivity contribution < 1.29 is 8.78 Å². The van der Waals surface area contributed by atoms with Crippen molar-refractivity contribution in [3.05, 3.63) is 42.2 Å². The Morgan fingerprint density at radius 3 is 2.70 bits per heavy atom. The summed E-state index contributed by atoms with van der Waals surface area (Å²) in [6, 6.07) is 3.91. The zero-order valence-electron chi connectivity index (χ0n) is 11.1. The summed E-state index contributed by atoms with van der Waals surface area (Å²) in [5, 5.41) is 2.96. The number of imidazole rings is 1. The lowest BCUT2D eigenvalue weighted by Crippen LogP contribution is -2.14. The quantitative estimate of drug-likeness (QED) is 0.900. The second-order valence-corrected chi connectivity index (χ2v) is 5.20. The highest BCUT2D eigenvalue weighted by molar-refractivity contribution is 5.54. The SMILES string of the molecule is Fc1ccc(Nc2nccn2C2CCCCC2)c(F)c1. The normalized spacial score (nSPS) is 16.3. The summed E-state index contributed by atoms with van der Waals surface area (Å²) in [6.45, 7) is 0. The third-order valence-electron chi connectivity index (χ3n) is 3.81. The summed E-state index contributed by atoms with van der Waals surface area (Å²) >= 11 is 0. The predicted molar refractivity (Wildman–Crippen MR) is 74.0 cm³/mol. The fraction of sp³-hybridized carbons (Fsp3) is 0.400. The number of halogens is 2. The molecule has 0 spiro atoms. The molecule has 1 fully saturated rings. The van der Waals surface area contributed by atoms with Crippen LogP contribution < -0.4 is 5.32 Å². The first-order chi connectivity index (χ1) is 9.74. The molecule has 1 heterocycles. The number of hydrogen-bond donors (Lipinski definition) is 1. The Balaban J connectivity index is 1.82. The minimum Gasteiger partial charge on any atom is -0.323 e. The predicted octanol–water partition coefficient (Wildman–Crippen LogP) is 4.41. The molecular formula is C15H17F2N3. The van der Waals surface area contributed by atoms with Crippen LogP contribution in [0.1, 0.15) is 38.1 Å². The maximum Gasteiger partial charge on any atom is 0.207 e. The summed E-state index contributed by atoms with van der Waals surface area (Å²) in [7, 11) is 0. The van der Waals surface area contributed by atoms with E-state index in [0.29, 0.717) is 12.0 Å². The van der Waals surface area contributed by atoms with E-state index in [1.807, 2.05) is 6.20 Å². The van der Waals surface area contributed by atoms with Crippen LogP contribution >= 0.6 is 0 Å². The van der Waals surface area contributed by atoms with Gasteiger partial charge in [-0.2, -0.15) is 0 Å². The number of hydrogen-bond acceptors (Lipinski definition) is 2. The van der Waals surface area contributed by atoms with Crippen molar-refractivity contribution in [2.75, 3.05) is 5.32 Å². The van der Waals surface area contributed by atoms with E-state index in [4.69, 9.17) is 0 Å². The summed E-state index contributed by atoms with van der Waals surface area (Å²) in [5.74, 6) is -0.575. The molecule has 1 aromatic heterocycles. The first-order valence-corrected chi connectivity index (χ1v) is 6.99. The molecular weight excluding hydrogens is 260 g/mol. The largest absolute Gasteiger partial charge is 0.323 e. The van der Waals surface area contributed by atoms with Crippen LogP contribution in [-0.2, 0) is 0 Å². The molecule has 1 saturated carbocycles. The Hall–Kier alpha value is -1.91. The molecule has 0 radical (unpaired) electrons. The molecule has 106 valence electrons. The highest BCUT2D eigenvalue weighted by Gasteiger charge is 2.18. The third-order valence-corrected chi connectivity index (χ3v) is 3.81. The van der Waals surface area contributed by atoms with Crippen LogP contribution in [0.2, 0.25) is 0 Å². The van der Waals surface area contributed by atoms with E-state index in [1.54, 1.807) is 6.20 Å². The fourth-order valence-electron chi connectivity index (χ4n) is 2.78. The van der Waals surface area contributed by atoms with Gasteiger partial charge >= 0.3 is 0 Å². The van der Waals surface area contributed by atoms with Gasteiger partial charge in [0.2, 0.25) is 5.95 Å². The minimum atomic E-state index is -0.608. The van der Waals surface area contributed by atoms with Gasteiger partial charge < -0.3 is 9.88 Å². The van der Waals surface area contributed by atoms with E-state index < -0.39 is 11.6 Å². The summed E-state index contributed by atoms with van der Waals surface area (Å²) in [6.07, 6.45) is 9.58. The number of nitrogens with zero attached hydrogens (tertiary/aromatic N) is 2. The van der Waals surface area contributed by atoms with Crippen LogP contribution in [0.15, 0.2) is 30.6 Å².